The fraction of sp³-hybridized carbons (Fsp3) is 0.0500. The Morgan fingerprint density at radius 2 is 2.10 bits per heavy atom. The maximum Gasteiger partial charge on any atom is 0.433 e. The molecule has 0 saturated carbocycles. The number of nitrogens with zero attached hydrogens (tertiary/aromatic N) is 4. The maximum atomic E-state index is 13.2. The van der Waals surface area contributed by atoms with Gasteiger partial charge in [-0.15, -0.1) is 0 Å². The number of hydrogen-bond acceptors (Lipinski definition) is 7. The summed E-state index contributed by atoms with van der Waals surface area (Å²) in [6.07, 6.45) is 1.25. The molecule has 4 aromatic rings. The summed E-state index contributed by atoms with van der Waals surface area (Å²) in [6, 6.07) is 15.4. The van der Waals surface area contributed by atoms with Gasteiger partial charge in [0.1, 0.15) is 4.92 Å². The van der Waals surface area contributed by atoms with Crippen LogP contribution in [0.25, 0.3) is 10.2 Å². The van der Waals surface area contributed by atoms with Crippen LogP contribution in [0.15, 0.2) is 68.6 Å². The molecule has 0 atom stereocenters. The predicted molar refractivity (Wildman–Crippen MR) is 118 cm³/mol. The Bertz CT molecular complexity index is 1300. The van der Waals surface area contributed by atoms with E-state index in [4.69, 9.17) is 4.42 Å². The van der Waals surface area contributed by atoms with E-state index in [0.29, 0.717) is 10.7 Å². The number of benzene rings is 2. The number of hydrogen-bond donors (Lipinski definition) is 0. The first kappa shape index (κ1) is 19.9. The molecule has 0 aliphatic heterocycles. The summed E-state index contributed by atoms with van der Waals surface area (Å²) in [5.74, 6) is -0.660. The van der Waals surface area contributed by atoms with Crippen LogP contribution in [0.1, 0.15) is 21.7 Å². The molecule has 0 spiro atoms. The van der Waals surface area contributed by atoms with E-state index in [-0.39, 0.29) is 5.76 Å². The van der Waals surface area contributed by atoms with E-state index in [9.17, 15) is 14.9 Å². The van der Waals surface area contributed by atoms with Gasteiger partial charge in [0.25, 0.3) is 5.91 Å². The average Bonchev–Trinajstić information content (AvgIpc) is 3.35. The molecule has 10 heteroatoms. The molecule has 30 heavy (non-hydrogen) atoms. The second-order valence-electron chi connectivity index (χ2n) is 6.27. The zero-order valence-electron chi connectivity index (χ0n) is 15.5. The van der Waals surface area contributed by atoms with E-state index >= 15 is 0 Å². The van der Waals surface area contributed by atoms with E-state index in [1.807, 2.05) is 31.2 Å². The summed E-state index contributed by atoms with van der Waals surface area (Å²) in [7, 11) is 0. The lowest BCUT2D eigenvalue weighted by molar-refractivity contribution is -0.402. The number of rotatable bonds is 5. The molecule has 4 rings (SSSR count). The van der Waals surface area contributed by atoms with Crippen molar-refractivity contribution < 1.29 is 14.1 Å². The highest BCUT2D eigenvalue weighted by Gasteiger charge is 2.22. The van der Waals surface area contributed by atoms with Gasteiger partial charge in [-0.2, -0.15) is 10.1 Å². The number of thiazole rings is 1. The van der Waals surface area contributed by atoms with Gasteiger partial charge in [-0.05, 0) is 48.9 Å². The van der Waals surface area contributed by atoms with Crippen LogP contribution in [-0.2, 0) is 0 Å². The van der Waals surface area contributed by atoms with Crippen molar-refractivity contribution in [2.24, 2.45) is 5.10 Å². The molecule has 0 N–H and O–H groups in total. The lowest BCUT2D eigenvalue weighted by Gasteiger charge is -2.13. The van der Waals surface area contributed by atoms with Crippen molar-refractivity contribution in [3.63, 3.8) is 0 Å². The van der Waals surface area contributed by atoms with Gasteiger partial charge >= 0.3 is 5.88 Å². The molecule has 2 aromatic heterocycles. The molecule has 2 aromatic carbocycles. The third kappa shape index (κ3) is 4.14. The fourth-order valence-corrected chi connectivity index (χ4v) is 4.09. The largest absolute Gasteiger partial charge is 0.433 e. The summed E-state index contributed by atoms with van der Waals surface area (Å²) in [5, 5.41) is 16.6. The van der Waals surface area contributed by atoms with Crippen molar-refractivity contribution in [1.29, 1.82) is 0 Å². The number of halogens is 1. The van der Waals surface area contributed by atoms with Crippen molar-refractivity contribution >= 4 is 60.6 Å². The van der Waals surface area contributed by atoms with Gasteiger partial charge in [0.05, 0.1) is 22.5 Å². The summed E-state index contributed by atoms with van der Waals surface area (Å²) >= 11 is 4.68. The number of amides is 1. The third-order valence-electron chi connectivity index (χ3n) is 4.07. The normalized spacial score (nSPS) is 11.3. The Kier molecular flexibility index (Phi) is 5.42. The van der Waals surface area contributed by atoms with E-state index in [1.54, 1.807) is 18.2 Å². The van der Waals surface area contributed by atoms with E-state index in [2.05, 4.69) is 26.0 Å². The van der Waals surface area contributed by atoms with E-state index in [1.165, 1.54) is 29.7 Å². The molecule has 8 nitrogen and oxygen atoms in total. The highest BCUT2D eigenvalue weighted by atomic mass is 79.9. The molecule has 0 unspecified atom stereocenters. The highest BCUT2D eigenvalue weighted by Crippen LogP contribution is 2.31. The van der Waals surface area contributed by atoms with Crippen LogP contribution in [0.4, 0.5) is 11.0 Å². The topological polar surface area (TPSA) is 102 Å². The molecule has 1 amide bonds. The van der Waals surface area contributed by atoms with Crippen molar-refractivity contribution in [2.75, 3.05) is 5.01 Å². The Hall–Kier alpha value is -3.37. The first-order valence-corrected chi connectivity index (χ1v) is 10.3. The summed E-state index contributed by atoms with van der Waals surface area (Å²) in [4.78, 5) is 27.9. The second-order valence-corrected chi connectivity index (χ2v) is 8.20. The highest BCUT2D eigenvalue weighted by molar-refractivity contribution is 9.10. The van der Waals surface area contributed by atoms with Crippen LogP contribution < -0.4 is 5.01 Å². The van der Waals surface area contributed by atoms with Gasteiger partial charge in [-0.1, -0.05) is 39.4 Å². The van der Waals surface area contributed by atoms with Crippen LogP contribution in [-0.4, -0.2) is 22.0 Å². The minimum Gasteiger partial charge on any atom is -0.400 e. The first-order chi connectivity index (χ1) is 14.4. The lowest BCUT2D eigenvalue weighted by Crippen LogP contribution is -2.25. The van der Waals surface area contributed by atoms with E-state index in [0.717, 1.165) is 25.3 Å². The molecule has 0 saturated heterocycles. The number of nitro groups is 1. The van der Waals surface area contributed by atoms with E-state index < -0.39 is 16.7 Å². The molecule has 0 radical (unpaired) electrons. The average molecular weight is 485 g/mol. The van der Waals surface area contributed by atoms with Gasteiger partial charge in [-0.3, -0.25) is 14.9 Å². The minimum atomic E-state index is -0.641. The third-order valence-corrected chi connectivity index (χ3v) is 5.56. The smallest absolute Gasteiger partial charge is 0.400 e. The number of anilines is 1. The monoisotopic (exact) mass is 484 g/mol. The van der Waals surface area contributed by atoms with Crippen LogP contribution >= 0.6 is 27.3 Å². The molecule has 2 heterocycles. The van der Waals surface area contributed by atoms with Crippen LogP contribution in [0, 0.1) is 17.0 Å². The van der Waals surface area contributed by atoms with Gasteiger partial charge in [0.2, 0.25) is 5.13 Å². The first-order valence-electron chi connectivity index (χ1n) is 8.66. The van der Waals surface area contributed by atoms with Gasteiger partial charge in [0, 0.05) is 10.0 Å². The van der Waals surface area contributed by atoms with Crippen LogP contribution in [0.2, 0.25) is 0 Å². The van der Waals surface area contributed by atoms with Gasteiger partial charge < -0.3 is 4.42 Å². The number of aromatic nitrogens is 1. The lowest BCUT2D eigenvalue weighted by atomic mass is 10.2. The standard InChI is InChI=1S/C20H13BrN4O4S/c1-12-5-7-16-17(9-12)30-20(23-16)24(19(26)13-3-2-4-14(21)10-13)22-11-15-6-8-18(29-15)25(27)28/h2-11H,1H3/b22-11+. The fourth-order valence-electron chi connectivity index (χ4n) is 2.67. The SMILES string of the molecule is Cc1ccc2nc(N(/N=C/c3ccc([N+](=O)[O-])o3)C(=O)c3cccc(Br)c3)sc2c1. The molecule has 0 bridgehead atoms. The van der Waals surface area contributed by atoms with Crippen molar-refractivity contribution in [3.8, 4) is 0 Å². The molecule has 0 aliphatic carbocycles. The van der Waals surface area contributed by atoms with Crippen molar-refractivity contribution in [3.05, 3.63) is 86.1 Å². The zero-order valence-corrected chi connectivity index (χ0v) is 17.9. The number of furan rings is 1. The molecule has 150 valence electrons. The number of fused-ring (bicyclic) bond motifs is 1. The Labute approximate surface area is 182 Å². The second kappa shape index (κ2) is 8.17. The Morgan fingerprint density at radius 1 is 1.27 bits per heavy atom. The number of hydrazone groups is 1. The molecule has 0 aliphatic rings. The van der Waals surface area contributed by atoms with Crippen LogP contribution in [0.5, 0.6) is 0 Å². The Balaban J connectivity index is 1.75. The molecule has 0 fully saturated rings. The van der Waals surface area contributed by atoms with Crippen LogP contribution in [0.3, 0.4) is 0 Å². The number of carbonyl (C=O) groups is 1. The summed E-state index contributed by atoms with van der Waals surface area (Å²) in [6.45, 7) is 1.98. The van der Waals surface area contributed by atoms with Crippen molar-refractivity contribution in [2.45, 2.75) is 6.92 Å². The summed E-state index contributed by atoms with van der Waals surface area (Å²) < 4.78 is 6.77. The predicted octanol–water partition coefficient (Wildman–Crippen LogP) is 5.55. The van der Waals surface area contributed by atoms with Gasteiger partial charge in [0.15, 0.2) is 5.76 Å². The van der Waals surface area contributed by atoms with Crippen molar-refractivity contribution in [1.82, 2.24) is 4.98 Å². The number of aryl methyl sites for hydroxylation is 1. The molecular formula is C20H13BrN4O4S. The minimum absolute atomic E-state index is 0.144. The number of carbonyl (C=O) groups excluding carboxylic acids is 1. The zero-order chi connectivity index (χ0) is 21.3. The molecular weight excluding hydrogens is 472 g/mol. The summed E-state index contributed by atoms with van der Waals surface area (Å²) in [5.41, 5.74) is 2.23. The Morgan fingerprint density at radius 3 is 2.83 bits per heavy atom. The maximum absolute atomic E-state index is 13.2. The quantitative estimate of drug-likeness (QED) is 0.210. The van der Waals surface area contributed by atoms with Gasteiger partial charge in [-0.25, -0.2) is 4.98 Å².